The van der Waals surface area contributed by atoms with Crippen molar-refractivity contribution in [3.63, 3.8) is 0 Å². The van der Waals surface area contributed by atoms with Crippen molar-refractivity contribution in [1.82, 2.24) is 4.98 Å². The topological polar surface area (TPSA) is 77.5 Å². The molecule has 1 aromatic heterocycles. The average Bonchev–Trinajstić information content (AvgIpc) is 2.96. The molecule has 1 amide bonds. The zero-order valence-corrected chi connectivity index (χ0v) is 22.5. The summed E-state index contributed by atoms with van der Waals surface area (Å²) in [6, 6.07) is 21.4. The second kappa shape index (κ2) is 11.5. The van der Waals surface area contributed by atoms with E-state index in [0.717, 1.165) is 75.1 Å². The number of anilines is 1. The highest BCUT2D eigenvalue weighted by Gasteiger charge is 2.26. The van der Waals surface area contributed by atoms with E-state index in [9.17, 15) is 9.59 Å². The summed E-state index contributed by atoms with van der Waals surface area (Å²) in [6.45, 7) is 3.63. The molecule has 1 aliphatic carbocycles. The number of methoxy groups -OCH3 is 1. The summed E-state index contributed by atoms with van der Waals surface area (Å²) in [5.74, 6) is -0.0707. The highest BCUT2D eigenvalue weighted by atomic mass is 16.5. The number of fused-ring (bicyclic) bond motifs is 2. The van der Waals surface area contributed by atoms with Gasteiger partial charge >= 0.3 is 5.97 Å². The highest BCUT2D eigenvalue weighted by molar-refractivity contribution is 6.07. The van der Waals surface area contributed by atoms with Crippen LogP contribution in [-0.4, -0.2) is 30.6 Å². The van der Waals surface area contributed by atoms with E-state index in [1.165, 1.54) is 0 Å². The number of amides is 1. The van der Waals surface area contributed by atoms with E-state index in [1.54, 1.807) is 7.11 Å². The minimum Gasteiger partial charge on any atom is -0.497 e. The first-order valence-corrected chi connectivity index (χ1v) is 13.3. The van der Waals surface area contributed by atoms with E-state index in [2.05, 4.69) is 11.4 Å². The Balaban J connectivity index is 1.45. The van der Waals surface area contributed by atoms with Crippen molar-refractivity contribution in [3.05, 3.63) is 100 Å². The third kappa shape index (κ3) is 5.55. The van der Waals surface area contributed by atoms with Gasteiger partial charge in [-0.25, -0.2) is 9.78 Å². The number of carbonyl (C=O) groups excluding carboxylic acids is 2. The molecule has 39 heavy (non-hydrogen) atoms. The number of hydrogen-bond acceptors (Lipinski definition) is 5. The van der Waals surface area contributed by atoms with E-state index in [-0.39, 0.29) is 12.5 Å². The van der Waals surface area contributed by atoms with Crippen LogP contribution in [0.15, 0.2) is 66.7 Å². The SMILES string of the molecule is CCc1cccc(C)c1NC(=O)COC(=O)c1c2c(nc3ccccc13)C(=Cc1ccc(OC)cc1)CCC2. The number of hydrogen-bond donors (Lipinski definition) is 1. The summed E-state index contributed by atoms with van der Waals surface area (Å²) < 4.78 is 10.9. The molecule has 0 saturated heterocycles. The molecular weight excluding hydrogens is 488 g/mol. The van der Waals surface area contributed by atoms with Crippen LogP contribution in [0.2, 0.25) is 0 Å². The number of pyridine rings is 1. The summed E-state index contributed by atoms with van der Waals surface area (Å²) in [4.78, 5) is 31.3. The summed E-state index contributed by atoms with van der Waals surface area (Å²) >= 11 is 0. The van der Waals surface area contributed by atoms with Crippen LogP contribution >= 0.6 is 0 Å². The summed E-state index contributed by atoms with van der Waals surface area (Å²) in [7, 11) is 1.65. The molecule has 3 aromatic carbocycles. The van der Waals surface area contributed by atoms with Gasteiger partial charge in [0.25, 0.3) is 5.91 Å². The van der Waals surface area contributed by atoms with Crippen LogP contribution in [0.25, 0.3) is 22.6 Å². The lowest BCUT2D eigenvalue weighted by atomic mass is 9.86. The summed E-state index contributed by atoms with van der Waals surface area (Å²) in [5.41, 5.74) is 7.82. The van der Waals surface area contributed by atoms with Gasteiger partial charge in [0.15, 0.2) is 6.61 Å². The van der Waals surface area contributed by atoms with Gasteiger partial charge in [0.05, 0.1) is 23.9 Å². The molecule has 0 saturated carbocycles. The number of nitrogens with one attached hydrogen (secondary N) is 1. The number of aryl methyl sites for hydroxylation is 2. The van der Waals surface area contributed by atoms with Crippen molar-refractivity contribution >= 4 is 40.1 Å². The van der Waals surface area contributed by atoms with Crippen molar-refractivity contribution in [2.45, 2.75) is 39.5 Å². The van der Waals surface area contributed by atoms with Crippen LogP contribution in [-0.2, 0) is 22.4 Å². The smallest absolute Gasteiger partial charge is 0.339 e. The molecule has 4 aromatic rings. The van der Waals surface area contributed by atoms with Gasteiger partial charge in [-0.05, 0) is 84.7 Å². The third-order valence-electron chi connectivity index (χ3n) is 7.17. The Morgan fingerprint density at radius 2 is 1.79 bits per heavy atom. The van der Waals surface area contributed by atoms with E-state index < -0.39 is 5.97 Å². The number of ether oxygens (including phenoxy) is 2. The van der Waals surface area contributed by atoms with Crippen molar-refractivity contribution in [3.8, 4) is 5.75 Å². The van der Waals surface area contributed by atoms with Gasteiger partial charge in [0.2, 0.25) is 0 Å². The second-order valence-corrected chi connectivity index (χ2v) is 9.71. The van der Waals surface area contributed by atoms with E-state index in [4.69, 9.17) is 14.5 Å². The Morgan fingerprint density at radius 3 is 2.56 bits per heavy atom. The van der Waals surface area contributed by atoms with Crippen molar-refractivity contribution in [2.24, 2.45) is 0 Å². The zero-order valence-electron chi connectivity index (χ0n) is 22.5. The molecule has 1 N–H and O–H groups in total. The van der Waals surface area contributed by atoms with E-state index in [0.29, 0.717) is 12.0 Å². The number of benzene rings is 3. The standard InChI is InChI=1S/C33H32N2O4/c1-4-23-10-7-9-21(2)31(23)35-29(36)20-39-33(37)30-26-12-5-6-14-28(26)34-32-24(11-8-13-27(30)32)19-22-15-17-25(38-3)18-16-22/h5-7,9-10,12,14-19H,4,8,11,13,20H2,1-3H3,(H,35,36). The van der Waals surface area contributed by atoms with Gasteiger partial charge < -0.3 is 14.8 Å². The molecule has 0 fully saturated rings. The number of carbonyl (C=O) groups is 2. The number of esters is 1. The van der Waals surface area contributed by atoms with Gasteiger partial charge in [-0.3, -0.25) is 4.79 Å². The van der Waals surface area contributed by atoms with Crippen LogP contribution in [0, 0.1) is 6.92 Å². The highest BCUT2D eigenvalue weighted by Crippen LogP contribution is 2.36. The molecule has 1 aliphatic rings. The van der Waals surface area contributed by atoms with Gasteiger partial charge in [-0.15, -0.1) is 0 Å². The fourth-order valence-corrected chi connectivity index (χ4v) is 5.19. The van der Waals surface area contributed by atoms with Crippen molar-refractivity contribution in [1.29, 1.82) is 0 Å². The number of para-hydroxylation sites is 2. The molecule has 6 nitrogen and oxygen atoms in total. The normalized spacial score (nSPS) is 13.7. The molecule has 0 aliphatic heterocycles. The van der Waals surface area contributed by atoms with Crippen LogP contribution in [0.4, 0.5) is 5.69 Å². The lowest BCUT2D eigenvalue weighted by molar-refractivity contribution is -0.119. The van der Waals surface area contributed by atoms with Crippen LogP contribution in [0.5, 0.6) is 5.75 Å². The maximum Gasteiger partial charge on any atom is 0.339 e. The zero-order chi connectivity index (χ0) is 27.4. The summed E-state index contributed by atoms with van der Waals surface area (Å²) in [5, 5.41) is 3.67. The first-order valence-electron chi connectivity index (χ1n) is 13.3. The van der Waals surface area contributed by atoms with Gasteiger partial charge in [0, 0.05) is 11.1 Å². The molecule has 0 atom stereocenters. The molecular formula is C33H32N2O4. The molecule has 0 unspecified atom stereocenters. The van der Waals surface area contributed by atoms with E-state index in [1.807, 2.05) is 80.6 Å². The maximum absolute atomic E-state index is 13.5. The lowest BCUT2D eigenvalue weighted by Gasteiger charge is -2.22. The van der Waals surface area contributed by atoms with Crippen LogP contribution < -0.4 is 10.1 Å². The minimum absolute atomic E-state index is 0.361. The molecule has 1 heterocycles. The quantitative estimate of drug-likeness (QED) is 0.272. The largest absolute Gasteiger partial charge is 0.497 e. The molecule has 0 bridgehead atoms. The fraction of sp³-hybridized carbons (Fsp3) is 0.242. The predicted molar refractivity (Wildman–Crippen MR) is 155 cm³/mol. The Morgan fingerprint density at radius 1 is 1.00 bits per heavy atom. The van der Waals surface area contributed by atoms with Crippen molar-refractivity contribution in [2.75, 3.05) is 19.0 Å². The average molecular weight is 521 g/mol. The summed E-state index contributed by atoms with van der Waals surface area (Å²) in [6.07, 6.45) is 5.38. The Labute approximate surface area is 228 Å². The van der Waals surface area contributed by atoms with Crippen molar-refractivity contribution < 1.29 is 19.1 Å². The van der Waals surface area contributed by atoms with Crippen LogP contribution in [0.3, 0.4) is 0 Å². The maximum atomic E-state index is 13.5. The number of nitrogens with zero attached hydrogens (tertiary/aromatic N) is 1. The Bertz CT molecular complexity index is 1570. The van der Waals surface area contributed by atoms with E-state index >= 15 is 0 Å². The first kappa shape index (κ1) is 26.2. The molecule has 198 valence electrons. The van der Waals surface area contributed by atoms with Gasteiger partial charge in [-0.1, -0.05) is 55.5 Å². The van der Waals surface area contributed by atoms with Crippen LogP contribution in [0.1, 0.15) is 58.1 Å². The number of rotatable bonds is 7. The monoisotopic (exact) mass is 520 g/mol. The second-order valence-electron chi connectivity index (χ2n) is 9.71. The predicted octanol–water partition coefficient (Wildman–Crippen LogP) is 6.79. The van der Waals surface area contributed by atoms with Gasteiger partial charge in [-0.2, -0.15) is 0 Å². The number of aromatic nitrogens is 1. The minimum atomic E-state index is -0.508. The fourth-order valence-electron chi connectivity index (χ4n) is 5.19. The number of allylic oxidation sites excluding steroid dienone is 1. The molecule has 5 rings (SSSR count). The molecule has 0 radical (unpaired) electrons. The Kier molecular flexibility index (Phi) is 7.73. The Hall–Kier alpha value is -4.45. The first-order chi connectivity index (χ1) is 19.0. The lowest BCUT2D eigenvalue weighted by Crippen LogP contribution is -2.23. The molecule has 0 spiro atoms. The third-order valence-corrected chi connectivity index (χ3v) is 7.17. The van der Waals surface area contributed by atoms with Gasteiger partial charge in [0.1, 0.15) is 5.75 Å². The molecule has 6 heteroatoms.